The van der Waals surface area contributed by atoms with Gasteiger partial charge in [-0.05, 0) is 24.6 Å². The highest BCUT2D eigenvalue weighted by atomic mass is 35.5. The number of carbonyl (C=O) groups excluding carboxylic acids is 1. The zero-order chi connectivity index (χ0) is 17.4. The standard InChI is InChI=1S/C20H22N4O.2ClH/c1-14-22-18-9-5-6-10-19(18)24(14)13-20(25)23-11-16(17(21)12-23)15-7-3-2-4-8-15;;/h2-10,16-17H,11-13,21H2,1H3;2*1H/t16-,17+;;/m0../s1. The predicted octanol–water partition coefficient (Wildman–Crippen LogP) is 3.14. The number of nitrogens with two attached hydrogens (primary N) is 1. The molecule has 1 saturated heterocycles. The second kappa shape index (κ2) is 8.74. The van der Waals surface area contributed by atoms with Crippen LogP contribution in [0.2, 0.25) is 0 Å². The van der Waals surface area contributed by atoms with Crippen LogP contribution in [0.15, 0.2) is 54.6 Å². The van der Waals surface area contributed by atoms with Crippen LogP contribution in [-0.2, 0) is 11.3 Å². The van der Waals surface area contributed by atoms with Crippen molar-refractivity contribution in [3.63, 3.8) is 0 Å². The van der Waals surface area contributed by atoms with Gasteiger partial charge >= 0.3 is 0 Å². The summed E-state index contributed by atoms with van der Waals surface area (Å²) in [6.45, 7) is 3.52. The molecule has 0 aliphatic carbocycles. The first-order chi connectivity index (χ1) is 12.1. The van der Waals surface area contributed by atoms with Gasteiger partial charge in [-0.25, -0.2) is 4.98 Å². The molecule has 3 aromatic rings. The van der Waals surface area contributed by atoms with Gasteiger partial charge in [0.1, 0.15) is 12.4 Å². The van der Waals surface area contributed by atoms with Gasteiger partial charge in [-0.3, -0.25) is 4.79 Å². The summed E-state index contributed by atoms with van der Waals surface area (Å²) in [6.07, 6.45) is 0. The molecule has 0 bridgehead atoms. The van der Waals surface area contributed by atoms with Crippen molar-refractivity contribution in [1.82, 2.24) is 14.5 Å². The van der Waals surface area contributed by atoms with Gasteiger partial charge in [0.15, 0.2) is 0 Å². The molecule has 0 radical (unpaired) electrons. The number of nitrogens with zero attached hydrogens (tertiary/aromatic N) is 3. The average Bonchev–Trinajstić information content (AvgIpc) is 3.16. The Morgan fingerprint density at radius 1 is 1.07 bits per heavy atom. The summed E-state index contributed by atoms with van der Waals surface area (Å²) >= 11 is 0. The number of aryl methyl sites for hydroxylation is 1. The summed E-state index contributed by atoms with van der Waals surface area (Å²) in [5.41, 5.74) is 9.44. The number of rotatable bonds is 3. The largest absolute Gasteiger partial charge is 0.339 e. The summed E-state index contributed by atoms with van der Waals surface area (Å²) in [7, 11) is 0. The molecule has 1 aliphatic heterocycles. The molecule has 1 aromatic heterocycles. The molecule has 144 valence electrons. The number of imidazole rings is 1. The molecule has 7 heteroatoms. The van der Waals surface area contributed by atoms with Crippen molar-refractivity contribution < 1.29 is 4.79 Å². The van der Waals surface area contributed by atoms with Crippen molar-refractivity contribution in [2.45, 2.75) is 25.4 Å². The molecule has 2 N–H and O–H groups in total. The highest BCUT2D eigenvalue weighted by Crippen LogP contribution is 2.27. The maximum atomic E-state index is 12.9. The molecule has 2 atom stereocenters. The van der Waals surface area contributed by atoms with Gasteiger partial charge in [0.25, 0.3) is 0 Å². The van der Waals surface area contributed by atoms with E-state index in [9.17, 15) is 4.79 Å². The maximum Gasteiger partial charge on any atom is 0.242 e. The molecule has 2 heterocycles. The highest BCUT2D eigenvalue weighted by molar-refractivity contribution is 5.85. The summed E-state index contributed by atoms with van der Waals surface area (Å²) in [5, 5.41) is 0. The minimum absolute atomic E-state index is 0. The molecular weight excluding hydrogens is 383 g/mol. The SMILES string of the molecule is Cc1nc2ccccc2n1CC(=O)N1C[C@@H](N)[C@H](c2ccccc2)C1.Cl.Cl. The Morgan fingerprint density at radius 2 is 1.74 bits per heavy atom. The average molecular weight is 407 g/mol. The van der Waals surface area contributed by atoms with Crippen molar-refractivity contribution in [2.24, 2.45) is 5.73 Å². The Morgan fingerprint density at radius 3 is 2.48 bits per heavy atom. The number of fused-ring (bicyclic) bond motifs is 1. The lowest BCUT2D eigenvalue weighted by Crippen LogP contribution is -2.34. The van der Waals surface area contributed by atoms with Gasteiger partial charge in [0.2, 0.25) is 5.91 Å². The van der Waals surface area contributed by atoms with Gasteiger partial charge in [-0.15, -0.1) is 24.8 Å². The lowest BCUT2D eigenvalue weighted by atomic mass is 9.95. The Kier molecular flexibility index (Phi) is 6.87. The zero-order valence-electron chi connectivity index (χ0n) is 15.1. The fourth-order valence-corrected chi connectivity index (χ4v) is 3.72. The monoisotopic (exact) mass is 406 g/mol. The molecule has 5 nitrogen and oxygen atoms in total. The summed E-state index contributed by atoms with van der Waals surface area (Å²) in [4.78, 5) is 19.3. The smallest absolute Gasteiger partial charge is 0.242 e. The topological polar surface area (TPSA) is 64.2 Å². The molecule has 1 fully saturated rings. The van der Waals surface area contributed by atoms with Crippen molar-refractivity contribution in [3.05, 3.63) is 66.0 Å². The van der Waals surface area contributed by atoms with E-state index in [1.807, 2.05) is 58.9 Å². The highest BCUT2D eigenvalue weighted by Gasteiger charge is 2.33. The van der Waals surface area contributed by atoms with Crippen LogP contribution in [0.4, 0.5) is 0 Å². The third-order valence-corrected chi connectivity index (χ3v) is 5.08. The maximum absolute atomic E-state index is 12.9. The number of amides is 1. The van der Waals surface area contributed by atoms with Crippen molar-refractivity contribution in [3.8, 4) is 0 Å². The summed E-state index contributed by atoms with van der Waals surface area (Å²) < 4.78 is 1.99. The Balaban J connectivity index is 0.00000131. The summed E-state index contributed by atoms with van der Waals surface area (Å²) in [5.74, 6) is 1.16. The van der Waals surface area contributed by atoms with Crippen LogP contribution in [-0.4, -0.2) is 39.5 Å². The summed E-state index contributed by atoms with van der Waals surface area (Å²) in [6, 6.07) is 18.1. The number of aromatic nitrogens is 2. The third kappa shape index (κ3) is 4.10. The molecule has 0 spiro atoms. The molecule has 1 aliphatic rings. The van der Waals surface area contributed by atoms with E-state index in [-0.39, 0.29) is 42.7 Å². The zero-order valence-corrected chi connectivity index (χ0v) is 16.7. The van der Waals surface area contributed by atoms with Crippen LogP contribution < -0.4 is 5.73 Å². The first-order valence-corrected chi connectivity index (χ1v) is 8.63. The molecule has 0 saturated carbocycles. The second-order valence-electron chi connectivity index (χ2n) is 6.71. The predicted molar refractivity (Wildman–Crippen MR) is 113 cm³/mol. The van der Waals surface area contributed by atoms with Gasteiger partial charge in [0, 0.05) is 25.0 Å². The van der Waals surface area contributed by atoms with Crippen LogP contribution in [0.5, 0.6) is 0 Å². The van der Waals surface area contributed by atoms with Crippen LogP contribution in [0.1, 0.15) is 17.3 Å². The number of benzene rings is 2. The normalized spacial score (nSPS) is 18.8. The first-order valence-electron chi connectivity index (χ1n) is 8.63. The van der Waals surface area contributed by atoms with Crippen LogP contribution in [0.3, 0.4) is 0 Å². The number of halogens is 2. The van der Waals surface area contributed by atoms with E-state index in [1.165, 1.54) is 5.56 Å². The lowest BCUT2D eigenvalue weighted by molar-refractivity contribution is -0.130. The van der Waals surface area contributed by atoms with E-state index in [0.29, 0.717) is 19.6 Å². The first kappa shape index (κ1) is 21.2. The van der Waals surface area contributed by atoms with Crippen molar-refractivity contribution in [1.29, 1.82) is 0 Å². The second-order valence-corrected chi connectivity index (χ2v) is 6.71. The van der Waals surface area contributed by atoms with E-state index in [2.05, 4.69) is 17.1 Å². The van der Waals surface area contributed by atoms with E-state index < -0.39 is 0 Å². The minimum atomic E-state index is -0.0213. The Hall–Kier alpha value is -2.08. The van der Waals surface area contributed by atoms with E-state index >= 15 is 0 Å². The van der Waals surface area contributed by atoms with Gasteiger partial charge in [-0.2, -0.15) is 0 Å². The third-order valence-electron chi connectivity index (χ3n) is 5.08. The molecule has 2 aromatic carbocycles. The van der Waals surface area contributed by atoms with Gasteiger partial charge < -0.3 is 15.2 Å². The lowest BCUT2D eigenvalue weighted by Gasteiger charge is -2.17. The number of para-hydroxylation sites is 2. The minimum Gasteiger partial charge on any atom is -0.339 e. The number of likely N-dealkylation sites (tertiary alicyclic amines) is 1. The fraction of sp³-hybridized carbons (Fsp3) is 0.300. The molecule has 1 amide bonds. The fourth-order valence-electron chi connectivity index (χ4n) is 3.72. The number of carbonyl (C=O) groups is 1. The molecule has 4 rings (SSSR count). The van der Waals surface area contributed by atoms with Crippen LogP contribution >= 0.6 is 24.8 Å². The number of hydrogen-bond donors (Lipinski definition) is 1. The van der Waals surface area contributed by atoms with Crippen molar-refractivity contribution in [2.75, 3.05) is 13.1 Å². The quantitative estimate of drug-likeness (QED) is 0.726. The molecule has 27 heavy (non-hydrogen) atoms. The van der Waals surface area contributed by atoms with E-state index in [0.717, 1.165) is 16.9 Å². The molecule has 0 unspecified atom stereocenters. The Bertz CT molecular complexity index is 913. The van der Waals surface area contributed by atoms with Crippen LogP contribution in [0.25, 0.3) is 11.0 Å². The molecular formula is C20H24Cl2N4O. The van der Waals surface area contributed by atoms with Gasteiger partial charge in [-0.1, -0.05) is 42.5 Å². The van der Waals surface area contributed by atoms with Crippen molar-refractivity contribution >= 4 is 41.8 Å². The van der Waals surface area contributed by atoms with Crippen LogP contribution in [0, 0.1) is 6.92 Å². The van der Waals surface area contributed by atoms with E-state index in [1.54, 1.807) is 0 Å². The van der Waals surface area contributed by atoms with Gasteiger partial charge in [0.05, 0.1) is 11.0 Å². The Labute approximate surface area is 171 Å². The van der Waals surface area contributed by atoms with E-state index in [4.69, 9.17) is 5.73 Å². The number of hydrogen-bond acceptors (Lipinski definition) is 3.